The predicted molar refractivity (Wildman–Crippen MR) is 96.9 cm³/mol. The number of carbonyl (C=O) groups is 3. The van der Waals surface area contributed by atoms with Crippen LogP contribution >= 0.6 is 0 Å². The molecule has 1 aromatic heterocycles. The molecule has 0 aliphatic heterocycles. The third-order valence-corrected chi connectivity index (χ3v) is 3.50. The number of amides is 2. The van der Waals surface area contributed by atoms with Crippen molar-refractivity contribution in [2.24, 2.45) is 0 Å². The molecule has 0 saturated carbocycles. The van der Waals surface area contributed by atoms with Gasteiger partial charge in [0.25, 0.3) is 5.91 Å². The molecule has 8 nitrogen and oxygen atoms in total. The summed E-state index contributed by atoms with van der Waals surface area (Å²) in [5.41, 5.74) is 0.854. The van der Waals surface area contributed by atoms with E-state index in [-0.39, 0.29) is 17.5 Å². The highest BCUT2D eigenvalue weighted by Gasteiger charge is 2.20. The molecular formula is C18H22N4O4. The van der Waals surface area contributed by atoms with Crippen molar-refractivity contribution < 1.29 is 19.1 Å². The average Bonchev–Trinajstić information content (AvgIpc) is 3.03. The Balaban J connectivity index is 1.96. The molecule has 0 bridgehead atoms. The van der Waals surface area contributed by atoms with Crippen molar-refractivity contribution in [3.05, 3.63) is 42.1 Å². The summed E-state index contributed by atoms with van der Waals surface area (Å²) in [6.07, 6.45) is 0.608. The van der Waals surface area contributed by atoms with Crippen LogP contribution in [0.2, 0.25) is 0 Å². The first kappa shape index (κ1) is 19.2. The molecule has 1 aromatic carbocycles. The van der Waals surface area contributed by atoms with E-state index in [1.807, 2.05) is 13.8 Å². The molecule has 0 fully saturated rings. The number of benzene rings is 1. The Bertz CT molecular complexity index is 796. The van der Waals surface area contributed by atoms with Crippen LogP contribution in [0.4, 0.5) is 11.5 Å². The Kier molecular flexibility index (Phi) is 6.11. The zero-order valence-corrected chi connectivity index (χ0v) is 15.1. The summed E-state index contributed by atoms with van der Waals surface area (Å²) < 4.78 is 6.86. The van der Waals surface area contributed by atoms with Crippen molar-refractivity contribution in [1.29, 1.82) is 0 Å². The van der Waals surface area contributed by atoms with Crippen molar-refractivity contribution in [3.63, 3.8) is 0 Å². The summed E-state index contributed by atoms with van der Waals surface area (Å²) in [7, 11) is 0. The van der Waals surface area contributed by atoms with E-state index in [1.54, 1.807) is 29.1 Å². The minimum Gasteiger partial charge on any atom is -0.449 e. The molecule has 26 heavy (non-hydrogen) atoms. The third kappa shape index (κ3) is 4.92. The fourth-order valence-corrected chi connectivity index (χ4v) is 2.23. The van der Waals surface area contributed by atoms with Crippen molar-refractivity contribution in [1.82, 2.24) is 9.78 Å². The van der Waals surface area contributed by atoms with E-state index < -0.39 is 18.0 Å². The molecule has 138 valence electrons. The number of carbonyl (C=O) groups excluding carboxylic acids is 3. The minimum absolute atomic E-state index is 0.0836. The van der Waals surface area contributed by atoms with E-state index in [0.29, 0.717) is 11.5 Å². The SMILES string of the molecule is CC(=O)Nc1ccc(C(=O)O[C@H](C)C(=O)Nc2ccnn2C(C)C)cc1. The average molecular weight is 358 g/mol. The van der Waals surface area contributed by atoms with Crippen LogP contribution in [0.1, 0.15) is 44.1 Å². The van der Waals surface area contributed by atoms with E-state index in [2.05, 4.69) is 15.7 Å². The Morgan fingerprint density at radius 1 is 1.04 bits per heavy atom. The molecular weight excluding hydrogens is 336 g/mol. The molecule has 0 aliphatic carbocycles. The highest BCUT2D eigenvalue weighted by atomic mass is 16.5. The maximum absolute atomic E-state index is 12.3. The van der Waals surface area contributed by atoms with Gasteiger partial charge >= 0.3 is 5.97 Å². The van der Waals surface area contributed by atoms with Gasteiger partial charge < -0.3 is 15.4 Å². The zero-order chi connectivity index (χ0) is 19.3. The fraction of sp³-hybridized carbons (Fsp3) is 0.333. The van der Waals surface area contributed by atoms with Gasteiger partial charge in [-0.25, -0.2) is 9.48 Å². The predicted octanol–water partition coefficient (Wildman–Crippen LogP) is 2.61. The number of hydrogen-bond acceptors (Lipinski definition) is 5. The van der Waals surface area contributed by atoms with E-state index in [9.17, 15) is 14.4 Å². The van der Waals surface area contributed by atoms with Crippen molar-refractivity contribution in [2.45, 2.75) is 39.8 Å². The largest absolute Gasteiger partial charge is 0.449 e. The van der Waals surface area contributed by atoms with E-state index in [1.165, 1.54) is 26.0 Å². The van der Waals surface area contributed by atoms with Crippen LogP contribution < -0.4 is 10.6 Å². The normalized spacial score (nSPS) is 11.7. The molecule has 2 rings (SSSR count). The van der Waals surface area contributed by atoms with Crippen molar-refractivity contribution in [2.75, 3.05) is 10.6 Å². The van der Waals surface area contributed by atoms with Crippen LogP contribution in [0.5, 0.6) is 0 Å². The lowest BCUT2D eigenvalue weighted by Crippen LogP contribution is -2.31. The van der Waals surface area contributed by atoms with Gasteiger partial charge in [-0.15, -0.1) is 0 Å². The highest BCUT2D eigenvalue weighted by Crippen LogP contribution is 2.15. The minimum atomic E-state index is -0.979. The standard InChI is InChI=1S/C18H22N4O4/c1-11(2)22-16(9-10-19-22)21-17(24)12(3)26-18(25)14-5-7-15(8-6-14)20-13(4)23/h5-12H,1-4H3,(H,20,23)(H,21,24)/t12-/m1/s1. The Morgan fingerprint density at radius 3 is 2.27 bits per heavy atom. The maximum atomic E-state index is 12.3. The van der Waals surface area contributed by atoms with Crippen molar-refractivity contribution in [3.8, 4) is 0 Å². The second-order valence-corrected chi connectivity index (χ2v) is 6.05. The van der Waals surface area contributed by atoms with Crippen LogP contribution in [0, 0.1) is 0 Å². The van der Waals surface area contributed by atoms with E-state index in [4.69, 9.17) is 4.74 Å². The lowest BCUT2D eigenvalue weighted by Gasteiger charge is -2.16. The number of aromatic nitrogens is 2. The van der Waals surface area contributed by atoms with Crippen molar-refractivity contribution >= 4 is 29.3 Å². The first-order chi connectivity index (χ1) is 12.3. The molecule has 0 aliphatic rings. The first-order valence-electron chi connectivity index (χ1n) is 8.21. The lowest BCUT2D eigenvalue weighted by molar-refractivity contribution is -0.123. The van der Waals surface area contributed by atoms with Gasteiger partial charge in [0.15, 0.2) is 6.10 Å². The van der Waals surface area contributed by atoms with Gasteiger partial charge in [-0.1, -0.05) is 0 Å². The van der Waals surface area contributed by atoms with E-state index in [0.717, 1.165) is 0 Å². The number of esters is 1. The summed E-state index contributed by atoms with van der Waals surface area (Å²) in [5.74, 6) is -0.742. The summed E-state index contributed by atoms with van der Waals surface area (Å²) in [5, 5.41) is 9.43. The lowest BCUT2D eigenvalue weighted by atomic mass is 10.2. The number of nitrogens with one attached hydrogen (secondary N) is 2. The summed E-state index contributed by atoms with van der Waals surface area (Å²) in [4.78, 5) is 35.4. The van der Waals surface area contributed by atoms with Crippen LogP contribution in [-0.2, 0) is 14.3 Å². The molecule has 0 unspecified atom stereocenters. The molecule has 0 spiro atoms. The molecule has 2 aromatic rings. The van der Waals surface area contributed by atoms with Crippen LogP contribution in [0.15, 0.2) is 36.5 Å². The zero-order valence-electron chi connectivity index (χ0n) is 15.1. The van der Waals surface area contributed by atoms with Gasteiger partial charge in [0.1, 0.15) is 5.82 Å². The molecule has 0 saturated heterocycles. The highest BCUT2D eigenvalue weighted by molar-refractivity contribution is 5.97. The van der Waals surface area contributed by atoms with Crippen LogP contribution in [0.25, 0.3) is 0 Å². The quantitative estimate of drug-likeness (QED) is 0.773. The third-order valence-electron chi connectivity index (χ3n) is 3.50. The molecule has 8 heteroatoms. The fourth-order valence-electron chi connectivity index (χ4n) is 2.23. The molecule has 1 atom stereocenters. The maximum Gasteiger partial charge on any atom is 0.338 e. The topological polar surface area (TPSA) is 102 Å². The van der Waals surface area contributed by atoms with Gasteiger partial charge in [-0.05, 0) is 45.0 Å². The molecule has 0 radical (unpaired) electrons. The number of anilines is 2. The number of nitrogens with zero attached hydrogens (tertiary/aromatic N) is 2. The summed E-state index contributed by atoms with van der Waals surface area (Å²) >= 11 is 0. The first-order valence-corrected chi connectivity index (χ1v) is 8.21. The smallest absolute Gasteiger partial charge is 0.338 e. The summed E-state index contributed by atoms with van der Waals surface area (Å²) in [6, 6.07) is 7.97. The Labute approximate surface area is 151 Å². The second-order valence-electron chi connectivity index (χ2n) is 6.05. The number of rotatable bonds is 6. The molecule has 2 N–H and O–H groups in total. The molecule has 1 heterocycles. The Hall–Kier alpha value is -3.16. The summed E-state index contributed by atoms with van der Waals surface area (Å²) in [6.45, 7) is 6.77. The van der Waals surface area contributed by atoms with Crippen LogP contribution in [-0.4, -0.2) is 33.7 Å². The van der Waals surface area contributed by atoms with Gasteiger partial charge in [0.05, 0.1) is 11.8 Å². The monoisotopic (exact) mass is 358 g/mol. The van der Waals surface area contributed by atoms with Gasteiger partial charge in [0.2, 0.25) is 5.91 Å². The van der Waals surface area contributed by atoms with Gasteiger partial charge in [-0.2, -0.15) is 5.10 Å². The van der Waals surface area contributed by atoms with Gasteiger partial charge in [0, 0.05) is 24.7 Å². The molecule has 2 amide bonds. The van der Waals surface area contributed by atoms with Gasteiger partial charge in [-0.3, -0.25) is 9.59 Å². The number of ether oxygens (including phenoxy) is 1. The second kappa shape index (κ2) is 8.28. The van der Waals surface area contributed by atoms with E-state index >= 15 is 0 Å². The Morgan fingerprint density at radius 2 is 1.69 bits per heavy atom. The van der Waals surface area contributed by atoms with Crippen LogP contribution in [0.3, 0.4) is 0 Å². The number of hydrogen-bond donors (Lipinski definition) is 2.